The lowest BCUT2D eigenvalue weighted by Gasteiger charge is -2.44. The molecule has 3 heterocycles. The van der Waals surface area contributed by atoms with Crippen LogP contribution in [0.4, 0.5) is 5.82 Å². The second kappa shape index (κ2) is 6.37. The van der Waals surface area contributed by atoms with Gasteiger partial charge in [-0.15, -0.1) is 16.4 Å². The highest BCUT2D eigenvalue weighted by molar-refractivity contribution is 7.13. The minimum Gasteiger partial charge on any atom is -0.351 e. The van der Waals surface area contributed by atoms with Gasteiger partial charge in [-0.2, -0.15) is 5.10 Å². The molecule has 1 aliphatic heterocycles. The SMILES string of the molecule is Cc1nc(C)c(C(=O)N(C)C2CN(c3ccc(C(C)(C)C)nn3)C2)s1. The first kappa shape index (κ1) is 17.8. The van der Waals surface area contributed by atoms with Crippen LogP contribution in [0, 0.1) is 13.8 Å². The number of anilines is 1. The zero-order valence-corrected chi connectivity index (χ0v) is 16.5. The van der Waals surface area contributed by atoms with Crippen molar-refractivity contribution in [2.45, 2.75) is 46.1 Å². The molecule has 134 valence electrons. The third-order valence-corrected chi connectivity index (χ3v) is 5.63. The van der Waals surface area contributed by atoms with Crippen molar-refractivity contribution in [3.63, 3.8) is 0 Å². The highest BCUT2D eigenvalue weighted by atomic mass is 32.1. The molecule has 6 nitrogen and oxygen atoms in total. The molecule has 1 amide bonds. The first-order valence-electron chi connectivity index (χ1n) is 8.47. The zero-order valence-electron chi connectivity index (χ0n) is 15.7. The number of nitrogens with zero attached hydrogens (tertiary/aromatic N) is 5. The number of carbonyl (C=O) groups is 1. The van der Waals surface area contributed by atoms with Crippen LogP contribution in [0.3, 0.4) is 0 Å². The molecular weight excluding hydrogens is 334 g/mol. The Balaban J connectivity index is 1.62. The zero-order chi connectivity index (χ0) is 18.4. The van der Waals surface area contributed by atoms with E-state index in [0.717, 1.165) is 40.2 Å². The van der Waals surface area contributed by atoms with Gasteiger partial charge in [-0.25, -0.2) is 4.98 Å². The second-order valence-corrected chi connectivity index (χ2v) is 8.85. The maximum atomic E-state index is 12.7. The van der Waals surface area contributed by atoms with Gasteiger partial charge in [-0.3, -0.25) is 4.79 Å². The molecule has 1 fully saturated rings. The normalized spacial score (nSPS) is 15.2. The average molecular weight is 359 g/mol. The van der Waals surface area contributed by atoms with E-state index in [2.05, 4.69) is 40.9 Å². The number of aryl methyl sites for hydroxylation is 2. The van der Waals surface area contributed by atoms with Gasteiger partial charge in [0.05, 0.1) is 22.4 Å². The molecule has 0 atom stereocenters. The Labute approximate surface area is 152 Å². The van der Waals surface area contributed by atoms with Crippen LogP contribution < -0.4 is 4.90 Å². The van der Waals surface area contributed by atoms with Crippen molar-refractivity contribution in [3.05, 3.63) is 33.4 Å². The van der Waals surface area contributed by atoms with Gasteiger partial charge >= 0.3 is 0 Å². The summed E-state index contributed by atoms with van der Waals surface area (Å²) in [5.74, 6) is 0.928. The summed E-state index contributed by atoms with van der Waals surface area (Å²) in [6.45, 7) is 11.8. The number of carbonyl (C=O) groups excluding carboxylic acids is 1. The fraction of sp³-hybridized carbons (Fsp3) is 0.556. The summed E-state index contributed by atoms with van der Waals surface area (Å²) in [4.78, 5) is 21.7. The highest BCUT2D eigenvalue weighted by Crippen LogP contribution is 2.26. The first-order valence-corrected chi connectivity index (χ1v) is 9.29. The van der Waals surface area contributed by atoms with Gasteiger partial charge in [-0.05, 0) is 26.0 Å². The molecule has 25 heavy (non-hydrogen) atoms. The van der Waals surface area contributed by atoms with Gasteiger partial charge in [-0.1, -0.05) is 20.8 Å². The van der Waals surface area contributed by atoms with E-state index in [1.807, 2.05) is 37.9 Å². The van der Waals surface area contributed by atoms with E-state index in [0.29, 0.717) is 0 Å². The number of thiazole rings is 1. The molecule has 0 N–H and O–H groups in total. The number of rotatable bonds is 3. The average Bonchev–Trinajstić information content (AvgIpc) is 2.83. The third kappa shape index (κ3) is 3.51. The van der Waals surface area contributed by atoms with E-state index in [-0.39, 0.29) is 17.4 Å². The number of amides is 1. The second-order valence-electron chi connectivity index (χ2n) is 7.65. The standard InChI is InChI=1S/C18H25N5OS/c1-11-16(25-12(2)19-11)17(24)22(6)13-9-23(10-13)15-8-7-14(20-21-15)18(3,4)5/h7-8,13H,9-10H2,1-6H3. The molecule has 7 heteroatoms. The van der Waals surface area contributed by atoms with E-state index in [1.165, 1.54) is 11.3 Å². The highest BCUT2D eigenvalue weighted by Gasteiger charge is 2.34. The lowest BCUT2D eigenvalue weighted by molar-refractivity contribution is 0.0709. The predicted molar refractivity (Wildman–Crippen MR) is 100 cm³/mol. The van der Waals surface area contributed by atoms with E-state index < -0.39 is 0 Å². The smallest absolute Gasteiger partial charge is 0.265 e. The Morgan fingerprint density at radius 2 is 1.92 bits per heavy atom. The van der Waals surface area contributed by atoms with Crippen molar-refractivity contribution in [3.8, 4) is 0 Å². The summed E-state index contributed by atoms with van der Waals surface area (Å²) in [7, 11) is 1.87. The molecule has 0 unspecified atom stereocenters. The van der Waals surface area contributed by atoms with Crippen LogP contribution >= 0.6 is 11.3 Å². The van der Waals surface area contributed by atoms with Gasteiger partial charge in [0.2, 0.25) is 0 Å². The lowest BCUT2D eigenvalue weighted by Crippen LogP contribution is -2.60. The van der Waals surface area contributed by atoms with Gasteiger partial charge in [0, 0.05) is 25.6 Å². The summed E-state index contributed by atoms with van der Waals surface area (Å²) >= 11 is 1.47. The van der Waals surface area contributed by atoms with Crippen molar-refractivity contribution in [1.29, 1.82) is 0 Å². The van der Waals surface area contributed by atoms with Crippen molar-refractivity contribution in [1.82, 2.24) is 20.1 Å². The Kier molecular flexibility index (Phi) is 4.53. The minimum atomic E-state index is 0.000380. The summed E-state index contributed by atoms with van der Waals surface area (Å²) in [6.07, 6.45) is 0. The number of aromatic nitrogens is 3. The van der Waals surface area contributed by atoms with Crippen LogP contribution in [-0.2, 0) is 5.41 Å². The predicted octanol–water partition coefficient (Wildman–Crippen LogP) is 2.81. The van der Waals surface area contributed by atoms with Crippen molar-refractivity contribution in [2.75, 3.05) is 25.0 Å². The molecule has 0 aromatic carbocycles. The van der Waals surface area contributed by atoms with Crippen LogP contribution in [0.15, 0.2) is 12.1 Å². The molecule has 0 aliphatic carbocycles. The Morgan fingerprint density at radius 1 is 1.24 bits per heavy atom. The minimum absolute atomic E-state index is 0.000380. The Morgan fingerprint density at radius 3 is 2.40 bits per heavy atom. The summed E-state index contributed by atoms with van der Waals surface area (Å²) in [5.41, 5.74) is 1.80. The van der Waals surface area contributed by atoms with E-state index >= 15 is 0 Å². The number of likely N-dealkylation sites (N-methyl/N-ethyl adjacent to an activating group) is 1. The summed E-state index contributed by atoms with van der Waals surface area (Å²) in [5, 5.41) is 9.62. The summed E-state index contributed by atoms with van der Waals surface area (Å²) in [6, 6.07) is 4.24. The molecular formula is C18H25N5OS. The molecule has 2 aromatic rings. The van der Waals surface area contributed by atoms with Gasteiger partial charge < -0.3 is 9.80 Å². The molecule has 0 spiro atoms. The fourth-order valence-corrected chi connectivity index (χ4v) is 3.74. The van der Waals surface area contributed by atoms with Crippen molar-refractivity contribution in [2.24, 2.45) is 0 Å². The van der Waals surface area contributed by atoms with Crippen LogP contribution in [-0.4, -0.2) is 52.2 Å². The molecule has 0 bridgehead atoms. The van der Waals surface area contributed by atoms with E-state index in [1.54, 1.807) is 0 Å². The Bertz CT molecular complexity index is 772. The molecule has 1 saturated heterocycles. The van der Waals surface area contributed by atoms with E-state index in [4.69, 9.17) is 0 Å². The van der Waals surface area contributed by atoms with Gasteiger partial charge in [0.1, 0.15) is 4.88 Å². The maximum absolute atomic E-state index is 12.7. The molecule has 0 radical (unpaired) electrons. The largest absolute Gasteiger partial charge is 0.351 e. The van der Waals surface area contributed by atoms with Crippen molar-refractivity contribution < 1.29 is 4.79 Å². The molecule has 0 saturated carbocycles. The van der Waals surface area contributed by atoms with Crippen LogP contribution in [0.2, 0.25) is 0 Å². The first-order chi connectivity index (χ1) is 11.7. The Hall–Kier alpha value is -2.02. The molecule has 2 aromatic heterocycles. The summed E-state index contributed by atoms with van der Waals surface area (Å²) < 4.78 is 0. The third-order valence-electron chi connectivity index (χ3n) is 4.57. The number of hydrogen-bond donors (Lipinski definition) is 0. The van der Waals surface area contributed by atoms with Crippen molar-refractivity contribution >= 4 is 23.1 Å². The topological polar surface area (TPSA) is 62.2 Å². The molecule has 3 rings (SSSR count). The lowest BCUT2D eigenvalue weighted by atomic mass is 9.92. The van der Waals surface area contributed by atoms with Gasteiger partial charge in [0.25, 0.3) is 5.91 Å². The quantitative estimate of drug-likeness (QED) is 0.843. The van der Waals surface area contributed by atoms with Crippen LogP contribution in [0.5, 0.6) is 0 Å². The monoisotopic (exact) mass is 359 g/mol. The van der Waals surface area contributed by atoms with E-state index in [9.17, 15) is 4.79 Å². The molecule has 1 aliphatic rings. The van der Waals surface area contributed by atoms with Crippen LogP contribution in [0.25, 0.3) is 0 Å². The van der Waals surface area contributed by atoms with Crippen LogP contribution in [0.1, 0.15) is 46.8 Å². The fourth-order valence-electron chi connectivity index (χ4n) is 2.84. The van der Waals surface area contributed by atoms with Gasteiger partial charge in [0.15, 0.2) is 5.82 Å². The number of hydrogen-bond acceptors (Lipinski definition) is 6. The maximum Gasteiger partial charge on any atom is 0.265 e.